The minimum absolute atomic E-state index is 0.223. The number of anilines is 1. The van der Waals surface area contributed by atoms with Crippen molar-refractivity contribution in [1.82, 2.24) is 9.55 Å². The third-order valence-electron chi connectivity index (χ3n) is 2.30. The highest BCUT2D eigenvalue weighted by atomic mass is 19.4. The van der Waals surface area contributed by atoms with Gasteiger partial charge in [-0.25, -0.2) is 0 Å². The molecule has 2 heterocycles. The Morgan fingerprint density at radius 2 is 2.06 bits per heavy atom. The van der Waals surface area contributed by atoms with E-state index < -0.39 is 23.0 Å². The van der Waals surface area contributed by atoms with Crippen molar-refractivity contribution in [3.05, 3.63) is 52.7 Å². The van der Waals surface area contributed by atoms with Crippen molar-refractivity contribution in [3.63, 3.8) is 0 Å². The molecule has 2 N–H and O–H groups in total. The van der Waals surface area contributed by atoms with Gasteiger partial charge < -0.3 is 5.73 Å². The van der Waals surface area contributed by atoms with Crippen LogP contribution in [0, 0.1) is 0 Å². The molecule has 2 aromatic heterocycles. The molecular formula is C11H8F3N3O. The van der Waals surface area contributed by atoms with E-state index >= 15 is 0 Å². The molecule has 0 aliphatic rings. The fraction of sp³-hybridized carbons (Fsp3) is 0.0909. The summed E-state index contributed by atoms with van der Waals surface area (Å²) in [6, 6.07) is 3.60. The number of nitrogens with two attached hydrogens (primary N) is 1. The molecule has 0 bridgehead atoms. The fourth-order valence-corrected chi connectivity index (χ4v) is 1.45. The van der Waals surface area contributed by atoms with E-state index in [1.54, 1.807) is 0 Å². The molecule has 2 rings (SSSR count). The van der Waals surface area contributed by atoms with E-state index in [2.05, 4.69) is 4.98 Å². The Morgan fingerprint density at radius 3 is 2.61 bits per heavy atom. The van der Waals surface area contributed by atoms with E-state index in [0.717, 1.165) is 4.57 Å². The van der Waals surface area contributed by atoms with Gasteiger partial charge in [-0.15, -0.1) is 0 Å². The van der Waals surface area contributed by atoms with E-state index in [1.165, 1.54) is 24.5 Å². The molecule has 0 radical (unpaired) electrons. The van der Waals surface area contributed by atoms with Gasteiger partial charge >= 0.3 is 6.18 Å². The first-order valence-electron chi connectivity index (χ1n) is 4.89. The van der Waals surface area contributed by atoms with Crippen LogP contribution in [0.25, 0.3) is 5.69 Å². The van der Waals surface area contributed by atoms with Crippen molar-refractivity contribution in [1.29, 1.82) is 0 Å². The highest BCUT2D eigenvalue weighted by molar-refractivity contribution is 5.43. The lowest BCUT2D eigenvalue weighted by molar-refractivity contribution is -0.137. The SMILES string of the molecule is Nc1cc(C(F)(F)F)cn(-c2cccnc2)c1=O. The van der Waals surface area contributed by atoms with Crippen molar-refractivity contribution >= 4 is 5.69 Å². The molecule has 18 heavy (non-hydrogen) atoms. The van der Waals surface area contributed by atoms with Gasteiger partial charge in [-0.2, -0.15) is 13.2 Å². The van der Waals surface area contributed by atoms with E-state index in [4.69, 9.17) is 5.73 Å². The molecule has 2 aromatic rings. The Labute approximate surface area is 99.5 Å². The topological polar surface area (TPSA) is 60.9 Å². The molecule has 0 unspecified atom stereocenters. The Morgan fingerprint density at radius 1 is 1.33 bits per heavy atom. The first-order valence-corrected chi connectivity index (χ1v) is 4.89. The summed E-state index contributed by atoms with van der Waals surface area (Å²) >= 11 is 0. The molecule has 0 fully saturated rings. The number of halogens is 3. The molecular weight excluding hydrogens is 247 g/mol. The van der Waals surface area contributed by atoms with Crippen LogP contribution in [-0.4, -0.2) is 9.55 Å². The number of hydrogen-bond acceptors (Lipinski definition) is 3. The molecule has 0 amide bonds. The predicted octanol–water partition coefficient (Wildman–Crippen LogP) is 1.83. The van der Waals surface area contributed by atoms with Gasteiger partial charge in [0.1, 0.15) is 0 Å². The summed E-state index contributed by atoms with van der Waals surface area (Å²) in [6.07, 6.45) is -1.13. The maximum absolute atomic E-state index is 12.6. The third kappa shape index (κ3) is 2.20. The highest BCUT2D eigenvalue weighted by Crippen LogP contribution is 2.29. The van der Waals surface area contributed by atoms with Gasteiger partial charge in [0.2, 0.25) is 0 Å². The summed E-state index contributed by atoms with van der Waals surface area (Å²) in [6.45, 7) is 0. The fourth-order valence-electron chi connectivity index (χ4n) is 1.45. The number of pyridine rings is 2. The molecule has 0 aliphatic carbocycles. The second kappa shape index (κ2) is 4.17. The Balaban J connectivity index is 2.68. The lowest BCUT2D eigenvalue weighted by Crippen LogP contribution is -2.23. The summed E-state index contributed by atoms with van der Waals surface area (Å²) in [5.74, 6) is 0. The summed E-state index contributed by atoms with van der Waals surface area (Å²) in [5, 5.41) is 0. The standard InChI is InChI=1S/C11H8F3N3O/c12-11(13,14)7-4-9(15)10(18)17(6-7)8-2-1-3-16-5-8/h1-6H,15H2. The van der Waals surface area contributed by atoms with Crippen LogP contribution in [0.5, 0.6) is 0 Å². The number of aromatic nitrogens is 2. The minimum Gasteiger partial charge on any atom is -0.394 e. The molecule has 0 aliphatic heterocycles. The summed E-state index contributed by atoms with van der Waals surface area (Å²) in [4.78, 5) is 15.4. The zero-order valence-corrected chi connectivity index (χ0v) is 8.98. The predicted molar refractivity (Wildman–Crippen MR) is 59.2 cm³/mol. The highest BCUT2D eigenvalue weighted by Gasteiger charge is 2.32. The van der Waals surface area contributed by atoms with Gasteiger partial charge in [0.05, 0.1) is 23.1 Å². The van der Waals surface area contributed by atoms with Gasteiger partial charge in [-0.1, -0.05) is 0 Å². The van der Waals surface area contributed by atoms with Crippen molar-refractivity contribution in [3.8, 4) is 5.69 Å². The van der Waals surface area contributed by atoms with Crippen LogP contribution in [0.15, 0.2) is 41.6 Å². The van der Waals surface area contributed by atoms with Crippen LogP contribution in [0.3, 0.4) is 0 Å². The molecule has 0 spiro atoms. The zero-order chi connectivity index (χ0) is 13.3. The number of nitrogens with zero attached hydrogens (tertiary/aromatic N) is 2. The van der Waals surface area contributed by atoms with Crippen molar-refractivity contribution in [2.75, 3.05) is 5.73 Å². The van der Waals surface area contributed by atoms with Gasteiger partial charge in [0.25, 0.3) is 5.56 Å². The molecule has 4 nitrogen and oxygen atoms in total. The molecule has 0 saturated carbocycles. The lowest BCUT2D eigenvalue weighted by Gasteiger charge is -2.11. The zero-order valence-electron chi connectivity index (χ0n) is 8.98. The number of hydrogen-bond donors (Lipinski definition) is 1. The second-order valence-electron chi connectivity index (χ2n) is 3.57. The maximum atomic E-state index is 12.6. The Kier molecular flexibility index (Phi) is 2.82. The Hall–Kier alpha value is -2.31. The quantitative estimate of drug-likeness (QED) is 0.845. The van der Waals surface area contributed by atoms with E-state index in [-0.39, 0.29) is 5.69 Å². The van der Waals surface area contributed by atoms with Gasteiger partial charge in [0, 0.05) is 12.4 Å². The van der Waals surface area contributed by atoms with Gasteiger partial charge in [0.15, 0.2) is 0 Å². The first-order chi connectivity index (χ1) is 8.39. The second-order valence-corrected chi connectivity index (χ2v) is 3.57. The average molecular weight is 255 g/mol. The van der Waals surface area contributed by atoms with Crippen molar-refractivity contribution < 1.29 is 13.2 Å². The van der Waals surface area contributed by atoms with Crippen molar-refractivity contribution in [2.45, 2.75) is 6.18 Å². The molecule has 0 atom stereocenters. The smallest absolute Gasteiger partial charge is 0.394 e. The van der Waals surface area contributed by atoms with E-state index in [9.17, 15) is 18.0 Å². The van der Waals surface area contributed by atoms with Crippen LogP contribution in [0.4, 0.5) is 18.9 Å². The van der Waals surface area contributed by atoms with Gasteiger partial charge in [-0.05, 0) is 18.2 Å². The number of nitrogen functional groups attached to an aromatic ring is 1. The lowest BCUT2D eigenvalue weighted by atomic mass is 10.2. The average Bonchev–Trinajstić information content (AvgIpc) is 2.32. The Bertz CT molecular complexity index is 620. The van der Waals surface area contributed by atoms with E-state index in [1.807, 2.05) is 0 Å². The monoisotopic (exact) mass is 255 g/mol. The van der Waals surface area contributed by atoms with Crippen LogP contribution in [0.1, 0.15) is 5.56 Å². The van der Waals surface area contributed by atoms with Crippen LogP contribution in [0.2, 0.25) is 0 Å². The van der Waals surface area contributed by atoms with Crippen LogP contribution < -0.4 is 11.3 Å². The van der Waals surface area contributed by atoms with Crippen molar-refractivity contribution in [2.24, 2.45) is 0 Å². The molecule has 0 saturated heterocycles. The molecule has 94 valence electrons. The number of rotatable bonds is 1. The third-order valence-corrected chi connectivity index (χ3v) is 2.30. The molecule has 7 heteroatoms. The number of alkyl halides is 3. The summed E-state index contributed by atoms with van der Waals surface area (Å²) in [5.41, 5.74) is 3.37. The molecule has 0 aromatic carbocycles. The maximum Gasteiger partial charge on any atom is 0.417 e. The van der Waals surface area contributed by atoms with E-state index in [0.29, 0.717) is 12.3 Å². The minimum atomic E-state index is -4.56. The summed E-state index contributed by atoms with van der Waals surface area (Å²) in [7, 11) is 0. The summed E-state index contributed by atoms with van der Waals surface area (Å²) < 4.78 is 38.7. The largest absolute Gasteiger partial charge is 0.417 e. The first kappa shape index (κ1) is 12.2. The van der Waals surface area contributed by atoms with Crippen LogP contribution >= 0.6 is 0 Å². The van der Waals surface area contributed by atoms with Gasteiger partial charge in [-0.3, -0.25) is 14.3 Å². The van der Waals surface area contributed by atoms with Crippen LogP contribution in [-0.2, 0) is 6.18 Å². The normalized spacial score (nSPS) is 11.5.